The van der Waals surface area contributed by atoms with Gasteiger partial charge in [-0.15, -0.1) is 0 Å². The summed E-state index contributed by atoms with van der Waals surface area (Å²) in [5, 5.41) is 2.86. The molecule has 0 aromatic heterocycles. The first-order chi connectivity index (χ1) is 19.1. The molecule has 0 spiro atoms. The minimum Gasteiger partial charge on any atom is -0.494 e. The van der Waals surface area contributed by atoms with Crippen LogP contribution in [0.1, 0.15) is 51.5 Å². The molecule has 3 aromatic carbocycles. The number of rotatable bonds is 2. The van der Waals surface area contributed by atoms with Gasteiger partial charge in [-0.25, -0.2) is 0 Å². The van der Waals surface area contributed by atoms with Crippen LogP contribution in [0.15, 0.2) is 54.6 Å². The van der Waals surface area contributed by atoms with Crippen molar-refractivity contribution in [3.05, 3.63) is 82.4 Å². The van der Waals surface area contributed by atoms with Crippen LogP contribution in [-0.2, 0) is 17.6 Å². The van der Waals surface area contributed by atoms with E-state index in [2.05, 4.69) is 5.32 Å². The van der Waals surface area contributed by atoms with E-state index >= 15 is 0 Å². The predicted molar refractivity (Wildman–Crippen MR) is 145 cm³/mol. The second kappa shape index (κ2) is 10.9. The van der Waals surface area contributed by atoms with E-state index in [-0.39, 0.29) is 24.5 Å². The van der Waals surface area contributed by atoms with Crippen molar-refractivity contribution in [3.8, 4) is 23.0 Å². The number of nitrogens with one attached hydrogen (secondary N) is 1. The zero-order valence-electron chi connectivity index (χ0n) is 22.0. The number of benzene rings is 3. The van der Waals surface area contributed by atoms with E-state index < -0.39 is 0 Å². The third-order valence-electron chi connectivity index (χ3n) is 7.51. The van der Waals surface area contributed by atoms with Gasteiger partial charge in [-0.1, -0.05) is 12.1 Å². The van der Waals surface area contributed by atoms with Gasteiger partial charge in [0.1, 0.15) is 11.5 Å². The molecule has 4 aliphatic heterocycles. The van der Waals surface area contributed by atoms with Gasteiger partial charge in [0, 0.05) is 18.7 Å². The van der Waals surface area contributed by atoms with Gasteiger partial charge in [-0.2, -0.15) is 0 Å². The largest absolute Gasteiger partial charge is 0.494 e. The fourth-order valence-electron chi connectivity index (χ4n) is 5.60. The highest BCUT2D eigenvalue weighted by atomic mass is 16.5. The summed E-state index contributed by atoms with van der Waals surface area (Å²) >= 11 is 0. The number of fused-ring (bicyclic) bond motifs is 9. The quantitative estimate of drug-likeness (QED) is 0.540. The Labute approximate surface area is 227 Å². The number of carbonyl (C=O) groups excluding carboxylic acids is 2. The van der Waals surface area contributed by atoms with Gasteiger partial charge < -0.3 is 29.2 Å². The first-order valence-electron chi connectivity index (χ1n) is 13.5. The molecule has 202 valence electrons. The first-order valence-corrected chi connectivity index (χ1v) is 13.5. The Morgan fingerprint density at radius 1 is 0.949 bits per heavy atom. The highest BCUT2D eigenvalue weighted by Gasteiger charge is 2.34. The van der Waals surface area contributed by atoms with E-state index in [0.717, 1.165) is 46.6 Å². The van der Waals surface area contributed by atoms with E-state index in [0.29, 0.717) is 56.2 Å². The molecule has 1 atom stereocenters. The monoisotopic (exact) mass is 528 g/mol. The Balaban J connectivity index is 1.44. The molecule has 0 saturated heterocycles. The van der Waals surface area contributed by atoms with Gasteiger partial charge in [-0.3, -0.25) is 9.59 Å². The van der Waals surface area contributed by atoms with Crippen molar-refractivity contribution in [2.45, 2.75) is 31.7 Å². The Kier molecular flexibility index (Phi) is 7.00. The number of hydrogen-bond acceptors (Lipinski definition) is 6. The maximum Gasteiger partial charge on any atom is 0.257 e. The molecule has 6 bridgehead atoms. The van der Waals surface area contributed by atoms with Crippen LogP contribution in [0.3, 0.4) is 0 Å². The van der Waals surface area contributed by atoms with Crippen LogP contribution in [0.2, 0.25) is 0 Å². The molecule has 0 radical (unpaired) electrons. The fourth-order valence-corrected chi connectivity index (χ4v) is 5.60. The third-order valence-corrected chi connectivity index (χ3v) is 7.51. The molecule has 8 nitrogen and oxygen atoms in total. The van der Waals surface area contributed by atoms with Crippen LogP contribution in [0.25, 0.3) is 0 Å². The van der Waals surface area contributed by atoms with Crippen LogP contribution in [0.4, 0.5) is 0 Å². The van der Waals surface area contributed by atoms with Crippen LogP contribution in [0.5, 0.6) is 23.0 Å². The molecule has 39 heavy (non-hydrogen) atoms. The minimum atomic E-state index is -0.351. The van der Waals surface area contributed by atoms with Crippen LogP contribution in [-0.4, -0.2) is 56.7 Å². The standard InChI is InChI=1S/C31H32N2O6/c1-36-27-18-25-20-10-12-33(31(35)23-8-9-26-21(15-23)6-3-13-38-26)30(25)22-5-2-7-24(16-22)37-14-4-11-32-29(34)19-39-28(27)17-20/h2,5,7-9,15-18,30H,3-4,6,10-14,19H2,1H3,(H,32,34). The number of aryl methyl sites for hydroxylation is 1. The van der Waals surface area contributed by atoms with Gasteiger partial charge in [0.05, 0.1) is 26.4 Å². The maximum absolute atomic E-state index is 14.1. The minimum absolute atomic E-state index is 0.0317. The molecular weight excluding hydrogens is 496 g/mol. The average Bonchev–Trinajstić information content (AvgIpc) is 2.97. The maximum atomic E-state index is 14.1. The molecular formula is C31H32N2O6. The number of amides is 2. The van der Waals surface area contributed by atoms with Gasteiger partial charge in [0.15, 0.2) is 18.1 Å². The van der Waals surface area contributed by atoms with Gasteiger partial charge in [0.25, 0.3) is 11.8 Å². The molecule has 7 rings (SSSR count). The highest BCUT2D eigenvalue weighted by molar-refractivity contribution is 5.95. The summed E-state index contributed by atoms with van der Waals surface area (Å²) in [6, 6.07) is 17.2. The fraction of sp³-hybridized carbons (Fsp3) is 0.355. The second-order valence-electron chi connectivity index (χ2n) is 10.0. The summed E-state index contributed by atoms with van der Waals surface area (Å²) in [4.78, 5) is 28.3. The van der Waals surface area contributed by atoms with Crippen LogP contribution < -0.4 is 24.3 Å². The molecule has 8 heteroatoms. The topological polar surface area (TPSA) is 86.3 Å². The highest BCUT2D eigenvalue weighted by Crippen LogP contribution is 2.42. The number of nitrogens with zero attached hydrogens (tertiary/aromatic N) is 1. The van der Waals surface area contributed by atoms with Crippen molar-refractivity contribution in [2.75, 3.05) is 40.0 Å². The Hall–Kier alpha value is -4.20. The molecule has 1 unspecified atom stereocenters. The van der Waals surface area contributed by atoms with Crippen molar-refractivity contribution < 1.29 is 28.5 Å². The predicted octanol–water partition coefficient (Wildman–Crippen LogP) is 4.09. The van der Waals surface area contributed by atoms with Crippen molar-refractivity contribution >= 4 is 11.8 Å². The molecule has 4 heterocycles. The van der Waals surface area contributed by atoms with E-state index in [9.17, 15) is 9.59 Å². The number of ether oxygens (including phenoxy) is 4. The Bertz CT molecular complexity index is 1400. The summed E-state index contributed by atoms with van der Waals surface area (Å²) in [6.45, 7) is 2.08. The molecule has 0 fully saturated rings. The van der Waals surface area contributed by atoms with E-state index in [1.165, 1.54) is 0 Å². The summed E-state index contributed by atoms with van der Waals surface area (Å²) in [5.74, 6) is 2.39. The zero-order valence-corrected chi connectivity index (χ0v) is 22.0. The van der Waals surface area contributed by atoms with E-state index in [1.54, 1.807) is 7.11 Å². The Morgan fingerprint density at radius 3 is 2.74 bits per heavy atom. The van der Waals surface area contributed by atoms with Crippen molar-refractivity contribution in [1.82, 2.24) is 10.2 Å². The normalized spacial score (nSPS) is 18.6. The summed E-state index contributed by atoms with van der Waals surface area (Å²) in [5.41, 5.74) is 4.70. The second-order valence-corrected chi connectivity index (χ2v) is 10.0. The zero-order chi connectivity index (χ0) is 26.8. The molecule has 0 saturated carbocycles. The molecule has 4 aliphatic rings. The van der Waals surface area contributed by atoms with Crippen LogP contribution >= 0.6 is 0 Å². The van der Waals surface area contributed by atoms with Crippen molar-refractivity contribution in [2.24, 2.45) is 0 Å². The lowest BCUT2D eigenvalue weighted by Crippen LogP contribution is -2.40. The Morgan fingerprint density at radius 2 is 1.85 bits per heavy atom. The number of carbonyl (C=O) groups is 2. The van der Waals surface area contributed by atoms with Crippen molar-refractivity contribution in [3.63, 3.8) is 0 Å². The SMILES string of the molecule is COc1cc2c3cc1OCC(=O)NCCCOc1cccc(c1)C2N(C(=O)c1ccc2c(c1)CCCO2)CC3. The van der Waals surface area contributed by atoms with Crippen molar-refractivity contribution in [1.29, 1.82) is 0 Å². The van der Waals surface area contributed by atoms with Crippen LogP contribution in [0, 0.1) is 0 Å². The lowest BCUT2D eigenvalue weighted by molar-refractivity contribution is -0.123. The molecule has 2 amide bonds. The van der Waals surface area contributed by atoms with Gasteiger partial charge in [-0.05, 0) is 90.4 Å². The third kappa shape index (κ3) is 5.11. The van der Waals surface area contributed by atoms with E-state index in [4.69, 9.17) is 18.9 Å². The summed E-state index contributed by atoms with van der Waals surface area (Å²) < 4.78 is 23.4. The van der Waals surface area contributed by atoms with Gasteiger partial charge >= 0.3 is 0 Å². The molecule has 3 aromatic rings. The lowest BCUT2D eigenvalue weighted by atomic mass is 9.87. The summed E-state index contributed by atoms with van der Waals surface area (Å²) in [7, 11) is 1.58. The number of methoxy groups -OCH3 is 1. The van der Waals surface area contributed by atoms with Gasteiger partial charge in [0.2, 0.25) is 0 Å². The van der Waals surface area contributed by atoms with E-state index in [1.807, 2.05) is 59.5 Å². The molecule has 1 N–H and O–H groups in total. The average molecular weight is 529 g/mol. The smallest absolute Gasteiger partial charge is 0.257 e. The lowest BCUT2D eigenvalue weighted by Gasteiger charge is -2.38. The number of hydrogen-bond donors (Lipinski definition) is 1. The molecule has 0 aliphatic carbocycles. The first kappa shape index (κ1) is 25.1. The summed E-state index contributed by atoms with van der Waals surface area (Å²) in [6.07, 6.45) is 3.16.